The predicted molar refractivity (Wildman–Crippen MR) is 54.9 cm³/mol. The van der Waals surface area contributed by atoms with E-state index in [1.54, 1.807) is 23.0 Å². The van der Waals surface area contributed by atoms with Crippen LogP contribution in [0.5, 0.6) is 0 Å². The van der Waals surface area contributed by atoms with Gasteiger partial charge in [-0.1, -0.05) is 0 Å². The molecule has 2 heterocycles. The first kappa shape index (κ1) is 8.49. The molecular weight excluding hydrogens is 283 g/mol. The Bertz CT molecular complexity index is 478. The molecule has 0 amide bonds. The molecule has 0 saturated carbocycles. The summed E-state index contributed by atoms with van der Waals surface area (Å²) >= 11 is 2.12. The van der Waals surface area contributed by atoms with Crippen LogP contribution in [0.3, 0.4) is 0 Å². The van der Waals surface area contributed by atoms with Gasteiger partial charge < -0.3 is 5.11 Å². The van der Waals surface area contributed by atoms with Gasteiger partial charge in [0, 0.05) is 6.20 Å². The number of hydrogen-bond acceptors (Lipinski definition) is 2. The van der Waals surface area contributed by atoms with Crippen molar-refractivity contribution in [1.82, 2.24) is 9.61 Å². The lowest BCUT2D eigenvalue weighted by molar-refractivity contribution is 0.0697. The number of fused-ring (bicyclic) bond motifs is 1. The monoisotopic (exact) mass is 288 g/mol. The lowest BCUT2D eigenvalue weighted by Gasteiger charge is -1.95. The summed E-state index contributed by atoms with van der Waals surface area (Å²) in [6.45, 7) is 0. The highest BCUT2D eigenvalue weighted by molar-refractivity contribution is 14.1. The standard InChI is InChI=1S/C8H5IN2O2/c9-6-4-10-11-2-1-5(8(12)13)3-7(6)11/h1-4H,(H,12,13). The van der Waals surface area contributed by atoms with Gasteiger partial charge in [-0.2, -0.15) is 5.10 Å². The molecule has 1 N–H and O–H groups in total. The third-order valence-electron chi connectivity index (χ3n) is 1.72. The van der Waals surface area contributed by atoms with Crippen LogP contribution in [-0.4, -0.2) is 20.7 Å². The molecule has 0 fully saturated rings. The first-order valence-corrected chi connectivity index (χ1v) is 4.62. The quantitative estimate of drug-likeness (QED) is 0.812. The molecule has 2 aromatic heterocycles. The summed E-state index contributed by atoms with van der Waals surface area (Å²) in [6.07, 6.45) is 3.34. The van der Waals surface area contributed by atoms with Crippen LogP contribution in [0, 0.1) is 3.57 Å². The molecule has 0 aliphatic rings. The van der Waals surface area contributed by atoms with Crippen molar-refractivity contribution in [3.63, 3.8) is 0 Å². The number of rotatable bonds is 1. The van der Waals surface area contributed by atoms with Crippen LogP contribution >= 0.6 is 22.6 Å². The van der Waals surface area contributed by atoms with E-state index >= 15 is 0 Å². The topological polar surface area (TPSA) is 54.6 Å². The average Bonchev–Trinajstić information content (AvgIpc) is 2.47. The fraction of sp³-hybridized carbons (Fsp3) is 0. The molecule has 0 unspecified atom stereocenters. The largest absolute Gasteiger partial charge is 0.478 e. The number of carbonyl (C=O) groups is 1. The minimum Gasteiger partial charge on any atom is -0.478 e. The Labute approximate surface area is 87.3 Å². The number of nitrogens with zero attached hydrogens (tertiary/aromatic N) is 2. The van der Waals surface area contributed by atoms with Crippen LogP contribution in [0.15, 0.2) is 24.5 Å². The lowest BCUT2D eigenvalue weighted by atomic mass is 10.2. The van der Waals surface area contributed by atoms with Gasteiger partial charge in [-0.25, -0.2) is 9.31 Å². The van der Waals surface area contributed by atoms with Crippen LogP contribution < -0.4 is 0 Å². The number of aromatic nitrogens is 2. The third-order valence-corrected chi connectivity index (χ3v) is 2.55. The van der Waals surface area contributed by atoms with Crippen LogP contribution in [0.2, 0.25) is 0 Å². The molecule has 5 heteroatoms. The molecular formula is C8H5IN2O2. The predicted octanol–water partition coefficient (Wildman–Crippen LogP) is 1.64. The Morgan fingerprint density at radius 2 is 2.38 bits per heavy atom. The van der Waals surface area contributed by atoms with Crippen LogP contribution in [0.1, 0.15) is 10.4 Å². The van der Waals surface area contributed by atoms with Crippen molar-refractivity contribution in [3.05, 3.63) is 33.7 Å². The molecule has 2 aromatic rings. The van der Waals surface area contributed by atoms with Gasteiger partial charge in [0.2, 0.25) is 0 Å². The SMILES string of the molecule is O=C(O)c1ccn2ncc(I)c2c1. The minimum absolute atomic E-state index is 0.283. The van der Waals surface area contributed by atoms with Crippen LogP contribution in [0.4, 0.5) is 0 Å². The van der Waals surface area contributed by atoms with Crippen LogP contribution in [0.25, 0.3) is 5.52 Å². The van der Waals surface area contributed by atoms with E-state index in [0.29, 0.717) is 0 Å². The summed E-state index contributed by atoms with van der Waals surface area (Å²) in [5.41, 5.74) is 1.10. The van der Waals surface area contributed by atoms with E-state index in [9.17, 15) is 4.79 Å². The van der Waals surface area contributed by atoms with Crippen molar-refractivity contribution in [2.75, 3.05) is 0 Å². The molecule has 0 aliphatic carbocycles. The Morgan fingerprint density at radius 1 is 1.62 bits per heavy atom. The average molecular weight is 288 g/mol. The van der Waals surface area contributed by atoms with Gasteiger partial charge >= 0.3 is 5.97 Å². The van der Waals surface area contributed by atoms with Gasteiger partial charge in [-0.15, -0.1) is 0 Å². The Hall–Kier alpha value is -1.11. The van der Waals surface area contributed by atoms with Crippen molar-refractivity contribution in [2.24, 2.45) is 0 Å². The van der Waals surface area contributed by atoms with Crippen molar-refractivity contribution in [2.45, 2.75) is 0 Å². The zero-order valence-corrected chi connectivity index (χ0v) is 8.59. The molecule has 66 valence electrons. The first-order valence-electron chi connectivity index (χ1n) is 3.54. The fourth-order valence-corrected chi connectivity index (χ4v) is 1.61. The van der Waals surface area contributed by atoms with Crippen molar-refractivity contribution < 1.29 is 9.90 Å². The van der Waals surface area contributed by atoms with Gasteiger partial charge in [0.15, 0.2) is 0 Å². The maximum Gasteiger partial charge on any atom is 0.335 e. The molecule has 2 rings (SSSR count). The normalized spacial score (nSPS) is 10.5. The number of pyridine rings is 1. The molecule has 0 radical (unpaired) electrons. The van der Waals surface area contributed by atoms with Gasteiger partial charge in [0.05, 0.1) is 20.8 Å². The van der Waals surface area contributed by atoms with E-state index in [1.165, 1.54) is 6.07 Å². The summed E-state index contributed by atoms with van der Waals surface area (Å²) in [5.74, 6) is -0.917. The summed E-state index contributed by atoms with van der Waals surface area (Å²) in [6, 6.07) is 3.13. The summed E-state index contributed by atoms with van der Waals surface area (Å²) < 4.78 is 2.59. The summed E-state index contributed by atoms with van der Waals surface area (Å²) in [5, 5.41) is 12.8. The van der Waals surface area contributed by atoms with Crippen LogP contribution in [-0.2, 0) is 0 Å². The first-order chi connectivity index (χ1) is 6.18. The highest BCUT2D eigenvalue weighted by Gasteiger charge is 2.06. The van der Waals surface area contributed by atoms with Gasteiger partial charge in [-0.3, -0.25) is 0 Å². The molecule has 0 bridgehead atoms. The van der Waals surface area contributed by atoms with E-state index in [0.717, 1.165) is 9.09 Å². The Kier molecular flexibility index (Phi) is 1.95. The van der Waals surface area contributed by atoms with E-state index in [1.807, 2.05) is 0 Å². The Balaban J connectivity index is 2.72. The number of aromatic carboxylic acids is 1. The lowest BCUT2D eigenvalue weighted by Crippen LogP contribution is -1.97. The zero-order chi connectivity index (χ0) is 9.42. The number of halogens is 1. The molecule has 0 saturated heterocycles. The van der Waals surface area contributed by atoms with E-state index in [2.05, 4.69) is 27.7 Å². The molecule has 13 heavy (non-hydrogen) atoms. The minimum atomic E-state index is -0.917. The molecule has 0 aromatic carbocycles. The number of carboxylic acid groups (broad SMARTS) is 1. The van der Waals surface area contributed by atoms with E-state index in [4.69, 9.17) is 5.11 Å². The summed E-state index contributed by atoms with van der Waals surface area (Å²) in [4.78, 5) is 10.6. The highest BCUT2D eigenvalue weighted by atomic mass is 127. The molecule has 0 spiro atoms. The maximum atomic E-state index is 10.6. The fourth-order valence-electron chi connectivity index (χ4n) is 1.08. The maximum absolute atomic E-state index is 10.6. The number of carboxylic acids is 1. The van der Waals surface area contributed by atoms with E-state index in [-0.39, 0.29) is 5.56 Å². The highest BCUT2D eigenvalue weighted by Crippen LogP contribution is 2.14. The number of hydrogen-bond donors (Lipinski definition) is 1. The smallest absolute Gasteiger partial charge is 0.335 e. The Morgan fingerprint density at radius 3 is 3.08 bits per heavy atom. The van der Waals surface area contributed by atoms with Gasteiger partial charge in [-0.05, 0) is 34.7 Å². The van der Waals surface area contributed by atoms with E-state index < -0.39 is 5.97 Å². The van der Waals surface area contributed by atoms with Crippen molar-refractivity contribution in [1.29, 1.82) is 0 Å². The van der Waals surface area contributed by atoms with Gasteiger partial charge in [0.1, 0.15) is 0 Å². The molecule has 0 aliphatic heterocycles. The second-order valence-corrected chi connectivity index (χ2v) is 3.71. The molecule has 0 atom stereocenters. The van der Waals surface area contributed by atoms with Crippen molar-refractivity contribution in [3.8, 4) is 0 Å². The van der Waals surface area contributed by atoms with Gasteiger partial charge in [0.25, 0.3) is 0 Å². The zero-order valence-electron chi connectivity index (χ0n) is 6.44. The second kappa shape index (κ2) is 2.99. The second-order valence-electron chi connectivity index (χ2n) is 2.54. The molecule has 4 nitrogen and oxygen atoms in total. The summed E-state index contributed by atoms with van der Waals surface area (Å²) in [7, 11) is 0. The van der Waals surface area contributed by atoms with Crippen molar-refractivity contribution >= 4 is 34.1 Å². The third kappa shape index (κ3) is 1.39.